The minimum Gasteiger partial charge on any atom is -0.336 e. The van der Waals surface area contributed by atoms with Crippen molar-refractivity contribution in [1.29, 1.82) is 0 Å². The quantitative estimate of drug-likeness (QED) is 0.280. The number of rotatable bonds is 5. The molecule has 0 atom stereocenters. The summed E-state index contributed by atoms with van der Waals surface area (Å²) in [6.45, 7) is 5.35. The summed E-state index contributed by atoms with van der Waals surface area (Å²) in [4.78, 5) is 21.4. The Bertz CT molecular complexity index is 1380. The lowest BCUT2D eigenvalue weighted by atomic mass is 9.78. The van der Waals surface area contributed by atoms with E-state index in [1.54, 1.807) is 4.90 Å². The molecule has 0 aliphatic carbocycles. The fraction of sp³-hybridized carbons (Fsp3) is 0.188. The van der Waals surface area contributed by atoms with Crippen LogP contribution in [0.4, 0.5) is 17.1 Å². The number of anilines is 3. The van der Waals surface area contributed by atoms with Crippen LogP contribution in [0.1, 0.15) is 25.0 Å². The molecule has 0 aromatic heterocycles. The van der Waals surface area contributed by atoms with Gasteiger partial charge in [-0.3, -0.25) is 9.69 Å². The third kappa shape index (κ3) is 3.41. The molecule has 0 bridgehead atoms. The van der Waals surface area contributed by atoms with E-state index in [4.69, 9.17) is 12.2 Å². The number of nitrogens with zero attached hydrogens (tertiary/aromatic N) is 3. The first-order chi connectivity index (χ1) is 18.0. The Hall–Kier alpha value is -3.96. The van der Waals surface area contributed by atoms with Gasteiger partial charge >= 0.3 is 0 Å². The lowest BCUT2D eigenvalue weighted by Gasteiger charge is -2.49. The van der Waals surface area contributed by atoms with Crippen LogP contribution in [0.3, 0.4) is 0 Å². The molecular weight excluding hydrogens is 474 g/mol. The second kappa shape index (κ2) is 8.86. The van der Waals surface area contributed by atoms with Gasteiger partial charge in [0.1, 0.15) is 4.99 Å². The summed E-state index contributed by atoms with van der Waals surface area (Å²) in [5.41, 5.74) is 3.58. The van der Waals surface area contributed by atoms with Crippen LogP contribution in [0.2, 0.25) is 0 Å². The predicted octanol–water partition coefficient (Wildman–Crippen LogP) is 6.81. The fourth-order valence-corrected chi connectivity index (χ4v) is 6.67. The number of carbonyl (C=O) groups is 1. The van der Waals surface area contributed by atoms with E-state index in [1.165, 1.54) is 11.1 Å². The zero-order chi connectivity index (χ0) is 25.6. The number of hydrogen-bond acceptors (Lipinski definition) is 4. The molecule has 1 spiro atoms. The van der Waals surface area contributed by atoms with Crippen molar-refractivity contribution < 1.29 is 4.79 Å². The average molecular weight is 504 g/mol. The number of fused-ring (bicyclic) bond motifs is 1. The summed E-state index contributed by atoms with van der Waals surface area (Å²) >= 11 is 6.38. The van der Waals surface area contributed by atoms with Crippen molar-refractivity contribution in [2.45, 2.75) is 32.6 Å². The predicted molar refractivity (Wildman–Crippen MR) is 155 cm³/mol. The van der Waals surface area contributed by atoms with Crippen LogP contribution in [0, 0.1) is 5.41 Å². The van der Waals surface area contributed by atoms with Crippen LogP contribution in [-0.4, -0.2) is 16.6 Å². The molecule has 37 heavy (non-hydrogen) atoms. The van der Waals surface area contributed by atoms with Gasteiger partial charge in [0.15, 0.2) is 5.66 Å². The van der Waals surface area contributed by atoms with E-state index in [2.05, 4.69) is 82.6 Å². The van der Waals surface area contributed by atoms with Crippen LogP contribution < -0.4 is 14.7 Å². The van der Waals surface area contributed by atoms with E-state index >= 15 is 0 Å². The highest BCUT2D eigenvalue weighted by Crippen LogP contribution is 2.58. The molecule has 0 saturated carbocycles. The van der Waals surface area contributed by atoms with Gasteiger partial charge in [-0.15, -0.1) is 0 Å². The Morgan fingerprint density at radius 3 is 1.49 bits per heavy atom. The molecule has 184 valence electrons. The van der Waals surface area contributed by atoms with E-state index < -0.39 is 11.1 Å². The molecule has 0 unspecified atom stereocenters. The maximum atomic E-state index is 14.3. The van der Waals surface area contributed by atoms with E-state index in [1.807, 2.05) is 56.3 Å². The summed E-state index contributed by atoms with van der Waals surface area (Å²) in [5.74, 6) is 0.00706. The molecule has 4 aromatic carbocycles. The zero-order valence-corrected chi connectivity index (χ0v) is 21.9. The number of hydrogen-bond donors (Lipinski definition) is 0. The third-order valence-electron chi connectivity index (χ3n) is 7.74. The van der Waals surface area contributed by atoms with E-state index in [0.717, 1.165) is 17.1 Å². The second-order valence-corrected chi connectivity index (χ2v) is 10.6. The van der Waals surface area contributed by atoms with Crippen LogP contribution in [0.5, 0.6) is 0 Å². The van der Waals surface area contributed by atoms with Crippen LogP contribution in [-0.2, 0) is 17.9 Å². The Morgan fingerprint density at radius 1 is 0.622 bits per heavy atom. The standard InChI is InChI=1S/C32H29N3OS/c1-31(2)29(36)35(26-18-10-5-11-19-26)30(37)32(31)33(22-24-14-6-3-7-15-24)27-20-12-13-21-28(27)34(32)23-25-16-8-4-9-17-25/h3-21H,22-23H2,1-2H3. The summed E-state index contributed by atoms with van der Waals surface area (Å²) in [7, 11) is 0. The van der Waals surface area contributed by atoms with Gasteiger partial charge in [-0.25, -0.2) is 0 Å². The largest absolute Gasteiger partial charge is 0.336 e. The summed E-state index contributed by atoms with van der Waals surface area (Å²) in [6.07, 6.45) is 0. The molecule has 5 heteroatoms. The molecule has 0 radical (unpaired) electrons. The molecule has 1 saturated heterocycles. The van der Waals surface area contributed by atoms with Gasteiger partial charge in [0.25, 0.3) is 0 Å². The SMILES string of the molecule is CC1(C)C(=O)N(c2ccccc2)C(=S)C12N(Cc1ccccc1)c1ccccc1N2Cc1ccccc1. The van der Waals surface area contributed by atoms with Gasteiger partial charge in [-0.2, -0.15) is 0 Å². The number of para-hydroxylation sites is 3. The van der Waals surface area contributed by atoms with Gasteiger partial charge in [0.2, 0.25) is 5.91 Å². The molecule has 2 heterocycles. The number of carbonyl (C=O) groups excluding carboxylic acids is 1. The van der Waals surface area contributed by atoms with Crippen molar-refractivity contribution in [1.82, 2.24) is 0 Å². The summed E-state index contributed by atoms with van der Waals surface area (Å²) in [6, 6.07) is 39.1. The molecule has 4 nitrogen and oxygen atoms in total. The Morgan fingerprint density at radius 2 is 1.03 bits per heavy atom. The van der Waals surface area contributed by atoms with Crippen molar-refractivity contribution in [3.63, 3.8) is 0 Å². The van der Waals surface area contributed by atoms with Crippen molar-refractivity contribution in [3.8, 4) is 0 Å². The minimum absolute atomic E-state index is 0.00706. The molecule has 1 amide bonds. The first kappa shape index (κ1) is 23.4. The monoisotopic (exact) mass is 503 g/mol. The molecule has 2 aliphatic rings. The van der Waals surface area contributed by atoms with Crippen molar-refractivity contribution in [3.05, 3.63) is 126 Å². The van der Waals surface area contributed by atoms with E-state index in [9.17, 15) is 4.79 Å². The van der Waals surface area contributed by atoms with Crippen LogP contribution in [0.15, 0.2) is 115 Å². The summed E-state index contributed by atoms with van der Waals surface area (Å²) in [5, 5.41) is 0. The molecular formula is C32H29N3OS. The molecule has 6 rings (SSSR count). The normalized spacial score (nSPS) is 17.5. The van der Waals surface area contributed by atoms with E-state index in [-0.39, 0.29) is 5.91 Å². The highest BCUT2D eigenvalue weighted by Gasteiger charge is 2.71. The van der Waals surface area contributed by atoms with Gasteiger partial charge in [-0.05, 0) is 49.2 Å². The second-order valence-electron chi connectivity index (χ2n) is 10.2. The van der Waals surface area contributed by atoms with Gasteiger partial charge in [-0.1, -0.05) is 103 Å². The maximum absolute atomic E-state index is 14.3. The van der Waals surface area contributed by atoms with Crippen molar-refractivity contribution in [2.24, 2.45) is 5.41 Å². The molecule has 4 aromatic rings. The molecule has 1 fully saturated rings. The summed E-state index contributed by atoms with van der Waals surface area (Å²) < 4.78 is 0. The molecule has 2 aliphatic heterocycles. The smallest absolute Gasteiger partial charge is 0.242 e. The van der Waals surface area contributed by atoms with Crippen molar-refractivity contribution in [2.75, 3.05) is 14.7 Å². The number of benzene rings is 4. The lowest BCUT2D eigenvalue weighted by molar-refractivity contribution is -0.125. The Balaban J connectivity index is 1.60. The Labute approximate surface area is 223 Å². The van der Waals surface area contributed by atoms with Crippen LogP contribution >= 0.6 is 12.2 Å². The lowest BCUT2D eigenvalue weighted by Crippen LogP contribution is -2.67. The van der Waals surface area contributed by atoms with Gasteiger partial charge in [0, 0.05) is 18.8 Å². The first-order valence-electron chi connectivity index (χ1n) is 12.6. The maximum Gasteiger partial charge on any atom is 0.242 e. The Kier molecular flexibility index (Phi) is 5.61. The highest BCUT2D eigenvalue weighted by atomic mass is 32.1. The van der Waals surface area contributed by atoms with E-state index in [0.29, 0.717) is 18.1 Å². The van der Waals surface area contributed by atoms with Gasteiger partial charge < -0.3 is 9.80 Å². The number of amides is 1. The van der Waals surface area contributed by atoms with Crippen LogP contribution in [0.25, 0.3) is 0 Å². The number of thiocarbonyl (C=S) groups is 1. The van der Waals surface area contributed by atoms with Gasteiger partial charge in [0.05, 0.1) is 16.8 Å². The third-order valence-corrected chi connectivity index (χ3v) is 8.20. The average Bonchev–Trinajstić information content (AvgIpc) is 3.28. The first-order valence-corrected chi connectivity index (χ1v) is 13.0. The zero-order valence-electron chi connectivity index (χ0n) is 21.0. The topological polar surface area (TPSA) is 26.8 Å². The fourth-order valence-electron chi connectivity index (χ4n) is 6.01. The highest BCUT2D eigenvalue weighted by molar-refractivity contribution is 7.81. The van der Waals surface area contributed by atoms with Crippen molar-refractivity contribution >= 4 is 40.2 Å². The molecule has 0 N–H and O–H groups in total. The minimum atomic E-state index is -0.884.